The van der Waals surface area contributed by atoms with Gasteiger partial charge in [-0.2, -0.15) is 0 Å². The molecule has 3 rings (SSSR count). The molecular formula is C20H21N3O4S. The molecule has 1 aliphatic rings. The third-order valence-corrected chi connectivity index (χ3v) is 5.63. The van der Waals surface area contributed by atoms with E-state index in [0.29, 0.717) is 13.0 Å². The fraction of sp³-hybridized carbons (Fsp3) is 0.300. The van der Waals surface area contributed by atoms with Gasteiger partial charge in [-0.05, 0) is 43.2 Å². The number of carbonyl (C=O) groups is 2. The maximum Gasteiger partial charge on any atom is 0.269 e. The Labute approximate surface area is 167 Å². The van der Waals surface area contributed by atoms with Gasteiger partial charge in [0.2, 0.25) is 11.8 Å². The van der Waals surface area contributed by atoms with Gasteiger partial charge in [0.25, 0.3) is 5.69 Å². The number of non-ortho nitro benzene ring substituents is 1. The molecular weight excluding hydrogens is 378 g/mol. The lowest BCUT2D eigenvalue weighted by atomic mass is 10.2. The number of benzene rings is 2. The predicted octanol–water partition coefficient (Wildman–Crippen LogP) is 3.52. The van der Waals surface area contributed by atoms with E-state index in [0.717, 1.165) is 29.1 Å². The number of rotatable bonds is 7. The number of hydrogen-bond acceptors (Lipinski definition) is 5. The van der Waals surface area contributed by atoms with Crippen molar-refractivity contribution >= 4 is 35.0 Å². The van der Waals surface area contributed by atoms with Crippen molar-refractivity contribution in [3.8, 4) is 0 Å². The van der Waals surface area contributed by atoms with E-state index in [-0.39, 0.29) is 22.8 Å². The highest BCUT2D eigenvalue weighted by Crippen LogP contribution is 2.26. The largest absolute Gasteiger partial charge is 0.351 e. The topological polar surface area (TPSA) is 92.5 Å². The number of carbonyl (C=O) groups excluding carboxylic acids is 2. The summed E-state index contributed by atoms with van der Waals surface area (Å²) in [5, 5.41) is 13.3. The Bertz CT molecular complexity index is 868. The van der Waals surface area contributed by atoms with E-state index in [1.807, 2.05) is 24.3 Å². The molecule has 8 heteroatoms. The molecule has 1 unspecified atom stereocenters. The van der Waals surface area contributed by atoms with Crippen molar-refractivity contribution in [1.82, 2.24) is 5.32 Å². The Morgan fingerprint density at radius 2 is 1.89 bits per heavy atom. The monoisotopic (exact) mass is 399 g/mol. The van der Waals surface area contributed by atoms with Gasteiger partial charge in [0.1, 0.15) is 0 Å². The van der Waals surface area contributed by atoms with E-state index in [1.165, 1.54) is 23.9 Å². The van der Waals surface area contributed by atoms with Gasteiger partial charge in [-0.25, -0.2) is 0 Å². The Kier molecular flexibility index (Phi) is 6.30. The van der Waals surface area contributed by atoms with E-state index >= 15 is 0 Å². The van der Waals surface area contributed by atoms with Gasteiger partial charge in [-0.1, -0.05) is 12.1 Å². The molecule has 2 aromatic carbocycles. The third-order valence-electron chi connectivity index (χ3n) is 4.52. The number of thioether (sulfide) groups is 1. The molecule has 1 atom stereocenters. The molecule has 1 saturated heterocycles. The number of amides is 2. The summed E-state index contributed by atoms with van der Waals surface area (Å²) in [4.78, 5) is 36.9. The maximum absolute atomic E-state index is 12.3. The number of nitrogens with one attached hydrogen (secondary N) is 1. The quantitative estimate of drug-likeness (QED) is 0.437. The zero-order chi connectivity index (χ0) is 20.1. The third kappa shape index (κ3) is 4.89. The molecule has 1 heterocycles. The van der Waals surface area contributed by atoms with E-state index in [9.17, 15) is 19.7 Å². The van der Waals surface area contributed by atoms with Gasteiger partial charge in [-0.3, -0.25) is 19.7 Å². The van der Waals surface area contributed by atoms with Crippen LogP contribution in [0.25, 0.3) is 0 Å². The highest BCUT2D eigenvalue weighted by atomic mass is 32.2. The molecule has 0 aliphatic carbocycles. The lowest BCUT2D eigenvalue weighted by molar-refractivity contribution is -0.384. The highest BCUT2D eigenvalue weighted by molar-refractivity contribution is 8.00. The van der Waals surface area contributed by atoms with Crippen LogP contribution in [0.2, 0.25) is 0 Å². The summed E-state index contributed by atoms with van der Waals surface area (Å²) in [6.07, 6.45) is 1.49. The lowest BCUT2D eigenvalue weighted by Gasteiger charge is -2.16. The Hall–Kier alpha value is -2.87. The Morgan fingerprint density at radius 1 is 1.21 bits per heavy atom. The van der Waals surface area contributed by atoms with Crippen molar-refractivity contribution in [3.63, 3.8) is 0 Å². The van der Waals surface area contributed by atoms with Gasteiger partial charge in [-0.15, -0.1) is 11.8 Å². The number of anilines is 1. The summed E-state index contributed by atoms with van der Waals surface area (Å²) in [6.45, 7) is 2.95. The van der Waals surface area contributed by atoms with Crippen molar-refractivity contribution in [2.45, 2.75) is 36.5 Å². The van der Waals surface area contributed by atoms with Crippen LogP contribution < -0.4 is 10.2 Å². The Morgan fingerprint density at radius 3 is 2.46 bits per heavy atom. The highest BCUT2D eigenvalue weighted by Gasteiger charge is 2.21. The van der Waals surface area contributed by atoms with Gasteiger partial charge >= 0.3 is 0 Å². The van der Waals surface area contributed by atoms with Crippen molar-refractivity contribution in [2.75, 3.05) is 11.4 Å². The standard InChI is InChI=1S/C20H21N3O4S/c1-14(28-18-10-8-17(9-11-18)23(26)27)20(25)21-13-15-4-6-16(7-5-15)22-12-2-3-19(22)24/h4-11,14H,2-3,12-13H2,1H3,(H,21,25). The first-order valence-corrected chi connectivity index (χ1v) is 9.90. The second-order valence-corrected chi connectivity index (χ2v) is 7.96. The second kappa shape index (κ2) is 8.88. The van der Waals surface area contributed by atoms with Crippen LogP contribution in [0.1, 0.15) is 25.3 Å². The summed E-state index contributed by atoms with van der Waals surface area (Å²) in [5.74, 6) is 0.0419. The molecule has 146 valence electrons. The van der Waals surface area contributed by atoms with Crippen LogP contribution in [0.15, 0.2) is 53.4 Å². The lowest BCUT2D eigenvalue weighted by Crippen LogP contribution is -2.30. The van der Waals surface area contributed by atoms with Crippen LogP contribution in [-0.4, -0.2) is 28.5 Å². The van der Waals surface area contributed by atoms with Crippen LogP contribution in [0, 0.1) is 10.1 Å². The molecule has 0 saturated carbocycles. The number of hydrogen-bond donors (Lipinski definition) is 1. The fourth-order valence-electron chi connectivity index (χ4n) is 2.95. The maximum atomic E-state index is 12.3. The van der Waals surface area contributed by atoms with E-state index < -0.39 is 4.92 Å². The molecule has 0 spiro atoms. The van der Waals surface area contributed by atoms with E-state index in [2.05, 4.69) is 5.32 Å². The van der Waals surface area contributed by atoms with Crippen molar-refractivity contribution < 1.29 is 14.5 Å². The summed E-state index contributed by atoms with van der Waals surface area (Å²) in [6, 6.07) is 13.8. The van der Waals surface area contributed by atoms with Crippen molar-refractivity contribution in [2.24, 2.45) is 0 Å². The fourth-order valence-corrected chi connectivity index (χ4v) is 3.84. The summed E-state index contributed by atoms with van der Waals surface area (Å²) in [7, 11) is 0. The summed E-state index contributed by atoms with van der Waals surface area (Å²) < 4.78 is 0. The molecule has 0 bridgehead atoms. The van der Waals surface area contributed by atoms with Crippen molar-refractivity contribution in [3.05, 3.63) is 64.2 Å². The van der Waals surface area contributed by atoms with Crippen LogP contribution in [0.3, 0.4) is 0 Å². The van der Waals surface area contributed by atoms with Gasteiger partial charge in [0.15, 0.2) is 0 Å². The van der Waals surface area contributed by atoms with Crippen LogP contribution >= 0.6 is 11.8 Å². The molecule has 28 heavy (non-hydrogen) atoms. The molecule has 7 nitrogen and oxygen atoms in total. The minimum atomic E-state index is -0.449. The van der Waals surface area contributed by atoms with Gasteiger partial charge in [0.05, 0.1) is 10.2 Å². The minimum Gasteiger partial charge on any atom is -0.351 e. The Balaban J connectivity index is 1.50. The predicted molar refractivity (Wildman–Crippen MR) is 108 cm³/mol. The average molecular weight is 399 g/mol. The first kappa shape index (κ1) is 19.9. The molecule has 2 aromatic rings. The SMILES string of the molecule is CC(Sc1ccc([N+](=O)[O-])cc1)C(=O)NCc1ccc(N2CCCC2=O)cc1. The minimum absolute atomic E-state index is 0.0283. The molecule has 1 aliphatic heterocycles. The zero-order valence-corrected chi connectivity index (χ0v) is 16.3. The zero-order valence-electron chi connectivity index (χ0n) is 15.5. The van der Waals surface area contributed by atoms with Crippen molar-refractivity contribution in [1.29, 1.82) is 0 Å². The normalized spacial score (nSPS) is 14.8. The summed E-state index contributed by atoms with van der Waals surface area (Å²) >= 11 is 1.35. The van der Waals surface area contributed by atoms with E-state index in [1.54, 1.807) is 24.0 Å². The second-order valence-electron chi connectivity index (χ2n) is 6.54. The first-order chi connectivity index (χ1) is 13.4. The summed E-state index contributed by atoms with van der Waals surface area (Å²) in [5.41, 5.74) is 1.87. The average Bonchev–Trinajstić information content (AvgIpc) is 3.12. The van der Waals surface area contributed by atoms with Crippen LogP contribution in [-0.2, 0) is 16.1 Å². The van der Waals surface area contributed by atoms with Crippen LogP contribution in [0.4, 0.5) is 11.4 Å². The molecule has 0 radical (unpaired) electrons. The number of nitrogens with zero attached hydrogens (tertiary/aromatic N) is 2. The van der Waals surface area contributed by atoms with Crippen LogP contribution in [0.5, 0.6) is 0 Å². The molecule has 2 amide bonds. The van der Waals surface area contributed by atoms with Gasteiger partial charge < -0.3 is 10.2 Å². The molecule has 1 N–H and O–H groups in total. The number of nitro benzene ring substituents is 1. The first-order valence-electron chi connectivity index (χ1n) is 9.02. The molecule has 0 aromatic heterocycles. The molecule has 1 fully saturated rings. The van der Waals surface area contributed by atoms with E-state index in [4.69, 9.17) is 0 Å². The number of nitro groups is 1. The smallest absolute Gasteiger partial charge is 0.269 e. The van der Waals surface area contributed by atoms with Gasteiger partial charge in [0, 0.05) is 42.2 Å².